The Morgan fingerprint density at radius 2 is 1.54 bits per heavy atom. The Balaban J connectivity index is 0.00000118. The number of aliphatic carboxylic acids is 2. The summed E-state index contributed by atoms with van der Waals surface area (Å²) < 4.78 is 27.0. The number of hydrogen-bond acceptors (Lipinski definition) is 9. The summed E-state index contributed by atoms with van der Waals surface area (Å²) in [5, 5.41) is 25.2. The number of nitrogen functional groups attached to an aromatic ring is 1. The van der Waals surface area contributed by atoms with E-state index in [0.29, 0.717) is 42.7 Å². The first-order valence-electron chi connectivity index (χ1n) is 14.2. The Labute approximate surface area is 267 Å². The first-order chi connectivity index (χ1) is 21.5. The Morgan fingerprint density at radius 1 is 0.978 bits per heavy atom. The SMILES string of the molecule is CC(=O)O.CC(=O)O.N=C(N)c1cccc(C[C@H](CS(=O)(=O)c2cccc(NC(=O)CCN)c2)C(=O)N2CCC(C(N)=O)CC2)c1. The van der Waals surface area contributed by atoms with Crippen molar-refractivity contribution in [1.82, 2.24) is 4.90 Å². The van der Waals surface area contributed by atoms with Crippen molar-refractivity contribution in [2.24, 2.45) is 29.0 Å². The van der Waals surface area contributed by atoms with E-state index in [4.69, 9.17) is 42.4 Å². The Bertz CT molecular complexity index is 1490. The number of carboxylic acid groups (broad SMARTS) is 2. The van der Waals surface area contributed by atoms with Gasteiger partial charge < -0.3 is 37.6 Å². The molecule has 1 aliphatic heterocycles. The second kappa shape index (κ2) is 18.9. The monoisotopic (exact) mass is 662 g/mol. The molecule has 0 aromatic heterocycles. The molecule has 0 radical (unpaired) electrons. The van der Waals surface area contributed by atoms with E-state index in [1.807, 2.05) is 0 Å². The van der Waals surface area contributed by atoms with Crippen molar-refractivity contribution in [3.05, 3.63) is 59.7 Å². The van der Waals surface area contributed by atoms with Gasteiger partial charge in [-0.15, -0.1) is 0 Å². The lowest BCUT2D eigenvalue weighted by molar-refractivity contribution is -0.138. The highest BCUT2D eigenvalue weighted by atomic mass is 32.2. The molecule has 1 aliphatic rings. The number of nitrogens with one attached hydrogen (secondary N) is 2. The summed E-state index contributed by atoms with van der Waals surface area (Å²) >= 11 is 0. The number of amidine groups is 1. The lowest BCUT2D eigenvalue weighted by atomic mass is 9.93. The second-order valence-electron chi connectivity index (χ2n) is 10.5. The van der Waals surface area contributed by atoms with Crippen molar-refractivity contribution >= 4 is 51.0 Å². The predicted molar refractivity (Wildman–Crippen MR) is 171 cm³/mol. The number of carboxylic acids is 2. The summed E-state index contributed by atoms with van der Waals surface area (Å²) in [5.41, 5.74) is 17.9. The van der Waals surface area contributed by atoms with Gasteiger partial charge in [0.25, 0.3) is 11.9 Å². The molecule has 2 aromatic rings. The first-order valence-corrected chi connectivity index (χ1v) is 15.8. The zero-order valence-corrected chi connectivity index (χ0v) is 26.6. The number of nitrogens with zero attached hydrogens (tertiary/aromatic N) is 1. The van der Waals surface area contributed by atoms with Crippen LogP contribution in [0.15, 0.2) is 53.4 Å². The van der Waals surface area contributed by atoms with Gasteiger partial charge in [-0.05, 0) is 49.1 Å². The lowest BCUT2D eigenvalue weighted by Crippen LogP contribution is -2.46. The van der Waals surface area contributed by atoms with Crippen molar-refractivity contribution in [2.45, 2.75) is 44.4 Å². The molecule has 3 amide bonds. The van der Waals surface area contributed by atoms with Gasteiger partial charge in [0, 0.05) is 57.1 Å². The maximum absolute atomic E-state index is 13.6. The van der Waals surface area contributed by atoms with Gasteiger partial charge in [0.15, 0.2) is 9.84 Å². The zero-order chi connectivity index (χ0) is 35.0. The lowest BCUT2D eigenvalue weighted by Gasteiger charge is -2.33. The molecule has 252 valence electrons. The number of benzene rings is 2. The summed E-state index contributed by atoms with van der Waals surface area (Å²) in [7, 11) is -3.95. The fourth-order valence-electron chi connectivity index (χ4n) is 4.49. The van der Waals surface area contributed by atoms with E-state index in [1.165, 1.54) is 18.2 Å². The summed E-state index contributed by atoms with van der Waals surface area (Å²) in [6.45, 7) is 2.94. The fraction of sp³-hybridized carbons (Fsp3) is 0.400. The third-order valence-electron chi connectivity index (χ3n) is 6.55. The Hall–Kier alpha value is -4.83. The maximum Gasteiger partial charge on any atom is 0.300 e. The van der Waals surface area contributed by atoms with Crippen LogP contribution in [0.3, 0.4) is 0 Å². The van der Waals surface area contributed by atoms with Crippen molar-refractivity contribution in [3.8, 4) is 0 Å². The number of piperidine rings is 1. The summed E-state index contributed by atoms with van der Waals surface area (Å²) in [5.74, 6) is -4.59. The van der Waals surface area contributed by atoms with Crippen LogP contribution in [0.5, 0.6) is 0 Å². The van der Waals surface area contributed by atoms with E-state index in [0.717, 1.165) is 13.8 Å². The van der Waals surface area contributed by atoms with Crippen LogP contribution in [0.2, 0.25) is 0 Å². The van der Waals surface area contributed by atoms with E-state index in [2.05, 4.69) is 5.32 Å². The minimum absolute atomic E-state index is 0.0224. The molecule has 2 aromatic carbocycles. The molecule has 3 rings (SSSR count). The van der Waals surface area contributed by atoms with Crippen LogP contribution in [0.4, 0.5) is 5.69 Å². The number of carbonyl (C=O) groups excluding carboxylic acids is 3. The molecule has 0 saturated carbocycles. The molecule has 0 bridgehead atoms. The number of sulfone groups is 1. The van der Waals surface area contributed by atoms with Crippen LogP contribution >= 0.6 is 0 Å². The molecule has 0 spiro atoms. The molecular weight excluding hydrogens is 620 g/mol. The number of hydrogen-bond donors (Lipinski definition) is 7. The molecule has 15 nitrogen and oxygen atoms in total. The smallest absolute Gasteiger partial charge is 0.300 e. The van der Waals surface area contributed by atoms with Crippen LogP contribution in [-0.4, -0.2) is 84.4 Å². The third kappa shape index (κ3) is 14.3. The topological polar surface area (TPSA) is 277 Å². The van der Waals surface area contributed by atoms with Gasteiger partial charge in [0.2, 0.25) is 17.7 Å². The standard InChI is InChI=1S/C26H34N6O5S.2C2H4O2/c27-10-7-23(33)31-21-5-2-6-22(15-21)38(36,37)16-20(14-17-3-1-4-19(13-17)24(28)29)26(35)32-11-8-18(9-12-32)25(30)34;2*1-2(3)4/h1-6,13,15,18,20H,7-12,14,16,27H2,(H3,28,29)(H2,30,34)(H,31,33);2*1H3,(H,3,4)/t20-;;/m1../s1. The molecular formula is C30H42N6O9S. The van der Waals surface area contributed by atoms with E-state index in [-0.39, 0.29) is 47.8 Å². The number of amides is 3. The van der Waals surface area contributed by atoms with E-state index < -0.39 is 39.4 Å². The van der Waals surface area contributed by atoms with Crippen LogP contribution in [0.25, 0.3) is 0 Å². The molecule has 46 heavy (non-hydrogen) atoms. The number of carbonyl (C=O) groups is 5. The van der Waals surface area contributed by atoms with E-state index in [9.17, 15) is 22.8 Å². The van der Waals surface area contributed by atoms with Gasteiger partial charge in [-0.25, -0.2) is 8.42 Å². The molecule has 0 unspecified atom stereocenters. The van der Waals surface area contributed by atoms with Gasteiger partial charge in [0.1, 0.15) is 5.84 Å². The number of rotatable bonds is 11. The van der Waals surface area contributed by atoms with Crippen LogP contribution < -0.4 is 22.5 Å². The van der Waals surface area contributed by atoms with Gasteiger partial charge in [-0.1, -0.05) is 24.3 Å². The van der Waals surface area contributed by atoms with Crippen LogP contribution in [0, 0.1) is 17.2 Å². The zero-order valence-electron chi connectivity index (χ0n) is 25.8. The Kier molecular flexibility index (Phi) is 16.1. The van der Waals surface area contributed by atoms with Crippen molar-refractivity contribution in [1.29, 1.82) is 5.41 Å². The average molecular weight is 663 g/mol. The first kappa shape index (κ1) is 39.2. The molecule has 0 aliphatic carbocycles. The van der Waals surface area contributed by atoms with Crippen molar-refractivity contribution in [2.75, 3.05) is 30.7 Å². The third-order valence-corrected chi connectivity index (χ3v) is 8.36. The summed E-state index contributed by atoms with van der Waals surface area (Å²) in [6.07, 6.45) is 1.05. The van der Waals surface area contributed by atoms with Crippen molar-refractivity contribution < 1.29 is 42.6 Å². The van der Waals surface area contributed by atoms with E-state index >= 15 is 0 Å². The van der Waals surface area contributed by atoms with Gasteiger partial charge in [0.05, 0.1) is 16.6 Å². The highest BCUT2D eigenvalue weighted by Gasteiger charge is 2.33. The number of primary amides is 1. The maximum atomic E-state index is 13.6. The van der Waals surface area contributed by atoms with Gasteiger partial charge in [-0.3, -0.25) is 29.4 Å². The van der Waals surface area contributed by atoms with Crippen LogP contribution in [0.1, 0.15) is 44.2 Å². The number of nitrogens with two attached hydrogens (primary N) is 3. The highest BCUT2D eigenvalue weighted by Crippen LogP contribution is 2.25. The molecule has 16 heteroatoms. The highest BCUT2D eigenvalue weighted by molar-refractivity contribution is 7.91. The van der Waals surface area contributed by atoms with Crippen molar-refractivity contribution in [3.63, 3.8) is 0 Å². The fourth-order valence-corrected chi connectivity index (χ4v) is 6.07. The van der Waals surface area contributed by atoms with Gasteiger partial charge >= 0.3 is 0 Å². The second-order valence-corrected chi connectivity index (χ2v) is 12.5. The summed E-state index contributed by atoms with van der Waals surface area (Å²) in [4.78, 5) is 56.6. The molecule has 1 atom stereocenters. The van der Waals surface area contributed by atoms with Gasteiger partial charge in [-0.2, -0.15) is 0 Å². The molecule has 1 saturated heterocycles. The quantitative estimate of drug-likeness (QED) is 0.130. The molecule has 1 fully saturated rings. The minimum atomic E-state index is -3.95. The largest absolute Gasteiger partial charge is 0.481 e. The van der Waals surface area contributed by atoms with E-state index in [1.54, 1.807) is 35.2 Å². The normalized spacial score (nSPS) is 13.5. The Morgan fingerprint density at radius 3 is 2.07 bits per heavy atom. The summed E-state index contributed by atoms with van der Waals surface area (Å²) in [6, 6.07) is 12.7. The average Bonchev–Trinajstić information content (AvgIpc) is 2.96. The molecule has 1 heterocycles. The van der Waals surface area contributed by atoms with Crippen LogP contribution in [-0.2, 0) is 40.2 Å². The predicted octanol–water partition coefficient (Wildman–Crippen LogP) is 0.796. The minimum Gasteiger partial charge on any atom is -0.481 e. The number of likely N-dealkylation sites (tertiary alicyclic amines) is 1. The number of anilines is 1. The molecule has 10 N–H and O–H groups in total.